The predicted molar refractivity (Wildman–Crippen MR) is 121 cm³/mol. The van der Waals surface area contributed by atoms with Gasteiger partial charge in [0.05, 0.1) is 7.11 Å². The molecule has 0 aromatic heterocycles. The third-order valence-corrected chi connectivity index (χ3v) is 5.93. The van der Waals surface area contributed by atoms with Crippen molar-refractivity contribution in [2.24, 2.45) is 11.8 Å². The molecule has 0 aliphatic carbocycles. The molecule has 1 saturated heterocycles. The van der Waals surface area contributed by atoms with Crippen molar-refractivity contribution < 1.29 is 19.1 Å². The number of hydrogen-bond acceptors (Lipinski definition) is 4. The third kappa shape index (κ3) is 6.71. The molecule has 31 heavy (non-hydrogen) atoms. The van der Waals surface area contributed by atoms with E-state index in [1.165, 1.54) is 0 Å². The molecule has 0 spiro atoms. The number of carbonyl (C=O) groups is 3. The number of rotatable bonds is 9. The second-order valence-electron chi connectivity index (χ2n) is 8.51. The van der Waals surface area contributed by atoms with Crippen LogP contribution in [-0.4, -0.2) is 66.9 Å². The van der Waals surface area contributed by atoms with Gasteiger partial charge in [0, 0.05) is 38.2 Å². The fraction of sp³-hybridized carbons (Fsp3) is 0.625. The van der Waals surface area contributed by atoms with Crippen LogP contribution in [0.3, 0.4) is 0 Å². The molecule has 1 aliphatic heterocycles. The summed E-state index contributed by atoms with van der Waals surface area (Å²) in [5.74, 6) is 0.836. The molecule has 3 amide bonds. The first-order valence-corrected chi connectivity index (χ1v) is 11.3. The molecular formula is C24H37N3O4. The second kappa shape index (κ2) is 11.7. The van der Waals surface area contributed by atoms with Gasteiger partial charge >= 0.3 is 0 Å². The molecule has 0 saturated carbocycles. The normalized spacial score (nSPS) is 15.5. The number of benzene rings is 1. The molecule has 1 unspecified atom stereocenters. The van der Waals surface area contributed by atoms with E-state index in [0.717, 1.165) is 0 Å². The molecule has 2 rings (SSSR count). The van der Waals surface area contributed by atoms with Crippen LogP contribution in [0.2, 0.25) is 0 Å². The zero-order chi connectivity index (χ0) is 23.0. The minimum absolute atomic E-state index is 0.00148. The second-order valence-corrected chi connectivity index (χ2v) is 8.51. The topological polar surface area (TPSA) is 79.0 Å². The van der Waals surface area contributed by atoms with Gasteiger partial charge in [0.25, 0.3) is 5.91 Å². The minimum atomic E-state index is -0.600. The number of piperidine rings is 1. The van der Waals surface area contributed by atoms with E-state index in [0.29, 0.717) is 62.7 Å². The van der Waals surface area contributed by atoms with Gasteiger partial charge in [-0.15, -0.1) is 0 Å². The molecule has 7 nitrogen and oxygen atoms in total. The summed E-state index contributed by atoms with van der Waals surface area (Å²) in [6, 6.07) is 6.25. The number of likely N-dealkylation sites (tertiary alicyclic amines) is 1. The number of ether oxygens (including phenoxy) is 1. The first kappa shape index (κ1) is 24.7. The van der Waals surface area contributed by atoms with Gasteiger partial charge in [0.2, 0.25) is 11.8 Å². The predicted octanol–water partition coefficient (Wildman–Crippen LogP) is 2.95. The fourth-order valence-electron chi connectivity index (χ4n) is 4.04. The van der Waals surface area contributed by atoms with Crippen LogP contribution in [-0.2, 0) is 9.59 Å². The van der Waals surface area contributed by atoms with Crippen LogP contribution in [0.1, 0.15) is 57.3 Å². The Hall–Kier alpha value is -2.57. The monoisotopic (exact) mass is 431 g/mol. The standard InChI is InChI=1S/C24H37N3O4/c1-6-26(7-2)24(30)22(25-23(29)19-8-10-20(31-5)11-9-19)18-12-14-27(15-13-18)21(28)16-17(3)4/h8-11,17-18,22H,6-7,12-16H2,1-5H3,(H,25,29). The first-order chi connectivity index (χ1) is 14.8. The van der Waals surface area contributed by atoms with Crippen LogP contribution < -0.4 is 10.1 Å². The summed E-state index contributed by atoms with van der Waals surface area (Å²) in [5.41, 5.74) is 0.489. The maximum atomic E-state index is 13.2. The van der Waals surface area contributed by atoms with Gasteiger partial charge in [-0.3, -0.25) is 14.4 Å². The molecule has 7 heteroatoms. The Balaban J connectivity index is 2.12. The molecule has 172 valence electrons. The van der Waals surface area contributed by atoms with Gasteiger partial charge in [-0.05, 0) is 62.8 Å². The van der Waals surface area contributed by atoms with E-state index in [9.17, 15) is 14.4 Å². The summed E-state index contributed by atoms with van der Waals surface area (Å²) < 4.78 is 5.15. The van der Waals surface area contributed by atoms with Crippen molar-refractivity contribution in [1.82, 2.24) is 15.1 Å². The lowest BCUT2D eigenvalue weighted by molar-refractivity contribution is -0.136. The van der Waals surface area contributed by atoms with Crippen LogP contribution in [0.25, 0.3) is 0 Å². The average molecular weight is 432 g/mol. The van der Waals surface area contributed by atoms with Crippen molar-refractivity contribution in [3.8, 4) is 5.75 Å². The van der Waals surface area contributed by atoms with Crippen molar-refractivity contribution in [3.63, 3.8) is 0 Å². The maximum absolute atomic E-state index is 13.2. The molecule has 0 bridgehead atoms. The number of nitrogens with one attached hydrogen (secondary N) is 1. The summed E-state index contributed by atoms with van der Waals surface area (Å²) in [4.78, 5) is 42.2. The number of methoxy groups -OCH3 is 1. The van der Waals surface area contributed by atoms with Crippen LogP contribution in [0, 0.1) is 11.8 Å². The number of nitrogens with zero attached hydrogens (tertiary/aromatic N) is 2. The molecule has 1 heterocycles. The molecule has 1 aromatic carbocycles. The minimum Gasteiger partial charge on any atom is -0.497 e. The Labute approximate surface area is 186 Å². The smallest absolute Gasteiger partial charge is 0.251 e. The number of amides is 3. The van der Waals surface area contributed by atoms with Gasteiger partial charge in [-0.2, -0.15) is 0 Å². The van der Waals surface area contributed by atoms with E-state index in [1.54, 1.807) is 36.3 Å². The van der Waals surface area contributed by atoms with E-state index in [1.807, 2.05) is 32.6 Å². The van der Waals surface area contributed by atoms with Crippen LogP contribution in [0.5, 0.6) is 5.75 Å². The zero-order valence-corrected chi connectivity index (χ0v) is 19.5. The SMILES string of the molecule is CCN(CC)C(=O)C(NC(=O)c1ccc(OC)cc1)C1CCN(C(=O)CC(C)C)CC1. The highest BCUT2D eigenvalue weighted by Crippen LogP contribution is 2.24. The van der Waals surface area contributed by atoms with Gasteiger partial charge < -0.3 is 19.9 Å². The molecular weight excluding hydrogens is 394 g/mol. The largest absolute Gasteiger partial charge is 0.497 e. The van der Waals surface area contributed by atoms with E-state index >= 15 is 0 Å². The lowest BCUT2D eigenvalue weighted by Gasteiger charge is -2.37. The summed E-state index contributed by atoms with van der Waals surface area (Å²) in [5, 5.41) is 2.99. The number of hydrogen-bond donors (Lipinski definition) is 1. The quantitative estimate of drug-likeness (QED) is 0.652. The van der Waals surface area contributed by atoms with Gasteiger partial charge in [0.15, 0.2) is 0 Å². The Bertz CT molecular complexity index is 736. The fourth-order valence-corrected chi connectivity index (χ4v) is 4.04. The Morgan fingerprint density at radius 3 is 2.16 bits per heavy atom. The van der Waals surface area contributed by atoms with E-state index in [-0.39, 0.29) is 23.6 Å². The van der Waals surface area contributed by atoms with Crippen molar-refractivity contribution in [1.29, 1.82) is 0 Å². The van der Waals surface area contributed by atoms with Crippen molar-refractivity contribution >= 4 is 17.7 Å². The molecule has 1 fully saturated rings. The Morgan fingerprint density at radius 1 is 1.10 bits per heavy atom. The van der Waals surface area contributed by atoms with Crippen LogP contribution in [0.15, 0.2) is 24.3 Å². The molecule has 1 aromatic rings. The first-order valence-electron chi connectivity index (χ1n) is 11.3. The van der Waals surface area contributed by atoms with E-state index in [2.05, 4.69) is 5.32 Å². The lowest BCUT2D eigenvalue weighted by atomic mass is 9.87. The Kier molecular flexibility index (Phi) is 9.34. The van der Waals surface area contributed by atoms with Crippen molar-refractivity contribution in [2.75, 3.05) is 33.3 Å². The average Bonchev–Trinajstić information content (AvgIpc) is 2.77. The highest BCUT2D eigenvalue weighted by Gasteiger charge is 2.35. The molecule has 1 atom stereocenters. The maximum Gasteiger partial charge on any atom is 0.251 e. The summed E-state index contributed by atoms with van der Waals surface area (Å²) in [6.45, 7) is 10.4. The summed E-state index contributed by atoms with van der Waals surface area (Å²) in [7, 11) is 1.58. The van der Waals surface area contributed by atoms with Crippen molar-refractivity contribution in [2.45, 2.75) is 53.0 Å². The van der Waals surface area contributed by atoms with Crippen molar-refractivity contribution in [3.05, 3.63) is 29.8 Å². The molecule has 0 radical (unpaired) electrons. The van der Waals surface area contributed by atoms with E-state index in [4.69, 9.17) is 4.74 Å². The van der Waals surface area contributed by atoms with Gasteiger partial charge in [-0.1, -0.05) is 13.8 Å². The third-order valence-electron chi connectivity index (χ3n) is 5.93. The molecule has 1 N–H and O–H groups in total. The van der Waals surface area contributed by atoms with E-state index < -0.39 is 6.04 Å². The highest BCUT2D eigenvalue weighted by molar-refractivity contribution is 5.97. The van der Waals surface area contributed by atoms with Crippen LogP contribution in [0.4, 0.5) is 0 Å². The Morgan fingerprint density at radius 2 is 1.68 bits per heavy atom. The lowest BCUT2D eigenvalue weighted by Crippen LogP contribution is -2.54. The molecule has 1 aliphatic rings. The summed E-state index contributed by atoms with van der Waals surface area (Å²) in [6.07, 6.45) is 1.94. The summed E-state index contributed by atoms with van der Waals surface area (Å²) >= 11 is 0. The number of likely N-dealkylation sites (N-methyl/N-ethyl adjacent to an activating group) is 1. The zero-order valence-electron chi connectivity index (χ0n) is 19.5. The van der Waals surface area contributed by atoms with Gasteiger partial charge in [0.1, 0.15) is 11.8 Å². The van der Waals surface area contributed by atoms with Gasteiger partial charge in [-0.25, -0.2) is 0 Å². The number of carbonyl (C=O) groups excluding carboxylic acids is 3. The van der Waals surface area contributed by atoms with Crippen LogP contribution >= 0.6 is 0 Å². The highest BCUT2D eigenvalue weighted by atomic mass is 16.5.